The van der Waals surface area contributed by atoms with Gasteiger partial charge >= 0.3 is 5.97 Å². The lowest BCUT2D eigenvalue weighted by molar-refractivity contribution is -0.142. The van der Waals surface area contributed by atoms with E-state index in [4.69, 9.17) is 4.74 Å². The first-order valence-corrected chi connectivity index (χ1v) is 8.97. The summed E-state index contributed by atoms with van der Waals surface area (Å²) in [5.41, 5.74) is 4.13. The Bertz CT molecular complexity index is 888. The predicted octanol–water partition coefficient (Wildman–Crippen LogP) is 4.05. The lowest BCUT2D eigenvalue weighted by atomic mass is 10.2. The van der Waals surface area contributed by atoms with Crippen LogP contribution in [-0.4, -0.2) is 23.8 Å². The van der Waals surface area contributed by atoms with Crippen molar-refractivity contribution in [3.63, 3.8) is 0 Å². The molecule has 0 radical (unpaired) electrons. The molecule has 8 heteroatoms. The minimum absolute atomic E-state index is 0.134. The third kappa shape index (κ3) is 3.95. The highest BCUT2D eigenvalue weighted by Crippen LogP contribution is 2.25. The summed E-state index contributed by atoms with van der Waals surface area (Å²) in [7, 11) is 0. The second-order valence-corrected chi connectivity index (χ2v) is 6.60. The zero-order valence-electron chi connectivity index (χ0n) is 12.8. The van der Waals surface area contributed by atoms with Crippen LogP contribution in [0.25, 0.3) is 10.1 Å². The molecule has 124 valence electrons. The van der Waals surface area contributed by atoms with Crippen LogP contribution in [0.2, 0.25) is 0 Å². The number of anilines is 1. The van der Waals surface area contributed by atoms with Crippen LogP contribution >= 0.6 is 22.7 Å². The van der Waals surface area contributed by atoms with Gasteiger partial charge < -0.3 is 4.74 Å². The van der Waals surface area contributed by atoms with Crippen LogP contribution in [0.1, 0.15) is 18.2 Å². The number of hydrogen-bond acceptors (Lipinski definition) is 7. The number of carbonyl (C=O) groups excluding carboxylic acids is 1. The average Bonchev–Trinajstić information content (AvgIpc) is 3.16. The molecule has 2 aromatic heterocycles. The van der Waals surface area contributed by atoms with E-state index in [9.17, 15) is 9.18 Å². The third-order valence-electron chi connectivity index (χ3n) is 3.09. The van der Waals surface area contributed by atoms with Crippen LogP contribution in [0, 0.1) is 5.82 Å². The molecule has 24 heavy (non-hydrogen) atoms. The first-order valence-electron chi connectivity index (χ1n) is 7.21. The molecule has 5 nitrogen and oxygen atoms in total. The molecule has 3 rings (SSSR count). The van der Waals surface area contributed by atoms with Crippen molar-refractivity contribution in [1.29, 1.82) is 0 Å². The van der Waals surface area contributed by atoms with Crippen molar-refractivity contribution in [3.05, 3.63) is 46.0 Å². The van der Waals surface area contributed by atoms with Gasteiger partial charge in [0, 0.05) is 15.6 Å². The van der Waals surface area contributed by atoms with E-state index in [2.05, 4.69) is 15.5 Å². The molecule has 0 fully saturated rings. The van der Waals surface area contributed by atoms with Crippen molar-refractivity contribution in [2.45, 2.75) is 13.3 Å². The van der Waals surface area contributed by atoms with Gasteiger partial charge in [-0.3, -0.25) is 10.2 Å². The Kier molecular flexibility index (Phi) is 5.17. The number of esters is 1. The van der Waals surface area contributed by atoms with Crippen LogP contribution < -0.4 is 5.43 Å². The van der Waals surface area contributed by atoms with E-state index >= 15 is 0 Å². The highest BCUT2D eigenvalue weighted by molar-refractivity contribution is 7.17. The molecule has 2 heterocycles. The highest BCUT2D eigenvalue weighted by atomic mass is 32.1. The van der Waals surface area contributed by atoms with Crippen molar-refractivity contribution >= 4 is 50.1 Å². The number of halogens is 1. The molecule has 0 aliphatic carbocycles. The number of aromatic nitrogens is 1. The minimum atomic E-state index is -0.308. The Morgan fingerprint density at radius 2 is 2.33 bits per heavy atom. The fourth-order valence-electron chi connectivity index (χ4n) is 2.12. The number of hydrazone groups is 1. The Morgan fingerprint density at radius 3 is 3.17 bits per heavy atom. The van der Waals surface area contributed by atoms with Gasteiger partial charge in [-0.2, -0.15) is 5.10 Å². The number of fused-ring (bicyclic) bond motifs is 1. The van der Waals surface area contributed by atoms with E-state index in [1.165, 1.54) is 34.8 Å². The third-order valence-corrected chi connectivity index (χ3v) is 4.87. The van der Waals surface area contributed by atoms with E-state index in [1.54, 1.807) is 18.5 Å². The Balaban J connectivity index is 1.67. The SMILES string of the molecule is CCOC(=O)Cc1csc(NN=Cc2cc(F)cc3ccsc23)n1. The predicted molar refractivity (Wildman–Crippen MR) is 95.5 cm³/mol. The summed E-state index contributed by atoms with van der Waals surface area (Å²) in [4.78, 5) is 15.7. The van der Waals surface area contributed by atoms with E-state index in [0.717, 1.165) is 10.1 Å². The van der Waals surface area contributed by atoms with Crippen molar-refractivity contribution in [3.8, 4) is 0 Å². The lowest BCUT2D eigenvalue weighted by Gasteiger charge is -1.99. The summed E-state index contributed by atoms with van der Waals surface area (Å²) in [6, 6.07) is 4.81. The lowest BCUT2D eigenvalue weighted by Crippen LogP contribution is -2.07. The quantitative estimate of drug-likeness (QED) is 0.408. The molecule has 0 spiro atoms. The van der Waals surface area contributed by atoms with Crippen molar-refractivity contribution in [2.24, 2.45) is 5.10 Å². The highest BCUT2D eigenvalue weighted by Gasteiger charge is 2.08. The van der Waals surface area contributed by atoms with Crippen molar-refractivity contribution < 1.29 is 13.9 Å². The van der Waals surface area contributed by atoms with Gasteiger partial charge in [-0.15, -0.1) is 22.7 Å². The van der Waals surface area contributed by atoms with Gasteiger partial charge in [0.15, 0.2) is 0 Å². The Morgan fingerprint density at radius 1 is 1.46 bits per heavy atom. The first kappa shape index (κ1) is 16.5. The molecule has 0 unspecified atom stereocenters. The molecule has 0 saturated carbocycles. The molecule has 0 bridgehead atoms. The molecule has 0 atom stereocenters. The van der Waals surface area contributed by atoms with Crippen molar-refractivity contribution in [2.75, 3.05) is 12.0 Å². The topological polar surface area (TPSA) is 63.6 Å². The van der Waals surface area contributed by atoms with Crippen molar-refractivity contribution in [1.82, 2.24) is 4.98 Å². The molecular formula is C16H14FN3O2S2. The van der Waals surface area contributed by atoms with Gasteiger partial charge in [-0.1, -0.05) is 0 Å². The zero-order valence-corrected chi connectivity index (χ0v) is 14.4. The molecule has 0 amide bonds. The second-order valence-electron chi connectivity index (χ2n) is 4.83. The molecule has 1 aromatic carbocycles. The number of thiophene rings is 1. The summed E-state index contributed by atoms with van der Waals surface area (Å²) in [6.45, 7) is 2.11. The van der Waals surface area contributed by atoms with Crippen LogP contribution in [0.5, 0.6) is 0 Å². The smallest absolute Gasteiger partial charge is 0.311 e. The molecule has 0 aliphatic rings. The summed E-state index contributed by atoms with van der Waals surface area (Å²) in [5, 5.41) is 9.21. The maximum absolute atomic E-state index is 13.6. The van der Waals surface area contributed by atoms with Gasteiger partial charge in [0.2, 0.25) is 5.13 Å². The molecule has 3 aromatic rings. The monoisotopic (exact) mass is 363 g/mol. The van der Waals surface area contributed by atoms with Gasteiger partial charge in [-0.05, 0) is 35.9 Å². The molecular weight excluding hydrogens is 349 g/mol. The molecule has 0 aliphatic heterocycles. The van der Waals surface area contributed by atoms with Gasteiger partial charge in [-0.25, -0.2) is 9.37 Å². The van der Waals surface area contributed by atoms with Crippen LogP contribution in [0.4, 0.5) is 9.52 Å². The number of benzene rings is 1. The Labute approximate surface area is 145 Å². The van der Waals surface area contributed by atoms with Crippen LogP contribution in [-0.2, 0) is 16.0 Å². The fourth-order valence-corrected chi connectivity index (χ4v) is 3.64. The Hall–Kier alpha value is -2.32. The summed E-state index contributed by atoms with van der Waals surface area (Å²) in [6.07, 6.45) is 1.70. The zero-order chi connectivity index (χ0) is 16.9. The number of hydrogen-bond donors (Lipinski definition) is 1. The fraction of sp³-hybridized carbons (Fsp3) is 0.188. The van der Waals surface area contributed by atoms with Crippen LogP contribution in [0.3, 0.4) is 0 Å². The number of thiazole rings is 1. The number of carbonyl (C=O) groups is 1. The normalized spacial score (nSPS) is 11.2. The maximum Gasteiger partial charge on any atom is 0.311 e. The maximum atomic E-state index is 13.6. The second kappa shape index (κ2) is 7.50. The number of nitrogens with zero attached hydrogens (tertiary/aromatic N) is 2. The number of rotatable bonds is 6. The summed E-state index contributed by atoms with van der Waals surface area (Å²) in [5.74, 6) is -0.606. The minimum Gasteiger partial charge on any atom is -0.466 e. The standard InChI is InChI=1S/C16H14FN3O2S2/c1-2-22-14(21)7-13-9-24-16(19-13)20-18-8-11-6-12(17)5-10-3-4-23-15(10)11/h3-6,8-9H,2,7H2,1H3,(H,19,20). The summed E-state index contributed by atoms with van der Waals surface area (Å²) < 4.78 is 19.4. The number of ether oxygens (including phenoxy) is 1. The van der Waals surface area contributed by atoms with Crippen LogP contribution in [0.15, 0.2) is 34.1 Å². The summed E-state index contributed by atoms with van der Waals surface area (Å²) >= 11 is 2.87. The van der Waals surface area contributed by atoms with Gasteiger partial charge in [0.25, 0.3) is 0 Å². The van der Waals surface area contributed by atoms with Gasteiger partial charge in [0.05, 0.1) is 24.9 Å². The molecule has 1 N–H and O–H groups in total. The van der Waals surface area contributed by atoms with Gasteiger partial charge in [0.1, 0.15) is 5.82 Å². The number of nitrogens with one attached hydrogen (secondary N) is 1. The average molecular weight is 363 g/mol. The van der Waals surface area contributed by atoms with E-state index in [-0.39, 0.29) is 18.2 Å². The van der Waals surface area contributed by atoms with E-state index in [1.807, 2.05) is 11.4 Å². The van der Waals surface area contributed by atoms with E-state index < -0.39 is 0 Å². The largest absolute Gasteiger partial charge is 0.466 e. The first-order chi connectivity index (χ1) is 11.7. The molecule has 0 saturated heterocycles. The van der Waals surface area contributed by atoms with E-state index in [0.29, 0.717) is 23.0 Å².